The monoisotopic (exact) mass is 314 g/mol. The molecule has 0 radical (unpaired) electrons. The molecule has 1 saturated carbocycles. The largest absolute Gasteiger partial charge is 0.468 e. The van der Waals surface area contributed by atoms with Crippen LogP contribution in [0.25, 0.3) is 0 Å². The molecule has 4 rings (SSSR count). The highest BCUT2D eigenvalue weighted by Crippen LogP contribution is 2.33. The lowest BCUT2D eigenvalue weighted by Gasteiger charge is -2.38. The third kappa shape index (κ3) is 3.32. The second kappa shape index (κ2) is 6.83. The minimum absolute atomic E-state index is 0.162. The zero-order valence-corrected chi connectivity index (χ0v) is 13.1. The number of hydrogen-bond acceptors (Lipinski definition) is 5. The lowest BCUT2D eigenvalue weighted by molar-refractivity contribution is -0.119. The van der Waals surface area contributed by atoms with Crippen LogP contribution < -0.4 is 0 Å². The van der Waals surface area contributed by atoms with Gasteiger partial charge in [0.2, 0.25) is 0 Å². The molecule has 3 heterocycles. The number of rotatable bonds is 5. The Bertz CT molecular complexity index is 602. The average Bonchev–Trinajstić information content (AvgIpc) is 3.24. The molecule has 0 N–H and O–H groups in total. The topological polar surface area (TPSA) is 47.7 Å². The maximum Gasteiger partial charge on any atom is 0.117 e. The van der Waals surface area contributed by atoms with E-state index in [0.29, 0.717) is 12.6 Å². The summed E-state index contributed by atoms with van der Waals surface area (Å²) in [6, 6.07) is 8.40. The molecule has 2 aliphatic rings. The number of hydrogen-bond donors (Lipinski definition) is 0. The molecule has 2 aromatic rings. The molecule has 2 aromatic heterocycles. The summed E-state index contributed by atoms with van der Waals surface area (Å²) in [6.07, 6.45) is 7.87. The fraction of sp³-hybridized carbons (Fsp3) is 0.500. The Morgan fingerprint density at radius 1 is 1.26 bits per heavy atom. The number of ether oxygens (including phenoxy) is 2. The first-order valence-corrected chi connectivity index (χ1v) is 8.29. The maximum absolute atomic E-state index is 6.13. The van der Waals surface area contributed by atoms with Crippen molar-refractivity contribution in [2.24, 2.45) is 0 Å². The third-order valence-electron chi connectivity index (χ3n) is 4.78. The summed E-state index contributed by atoms with van der Waals surface area (Å²) >= 11 is 0. The number of furan rings is 1. The van der Waals surface area contributed by atoms with Gasteiger partial charge in [0.1, 0.15) is 5.76 Å². The Hall–Kier alpha value is -1.69. The molecule has 23 heavy (non-hydrogen) atoms. The summed E-state index contributed by atoms with van der Waals surface area (Å²) in [6.45, 7) is 3.17. The van der Waals surface area contributed by atoms with Crippen LogP contribution in [0.3, 0.4) is 0 Å². The van der Waals surface area contributed by atoms with Crippen molar-refractivity contribution >= 4 is 0 Å². The number of fused-ring (bicyclic) bond motifs is 1. The van der Waals surface area contributed by atoms with Crippen LogP contribution in [-0.2, 0) is 22.6 Å². The number of aromatic nitrogens is 1. The van der Waals surface area contributed by atoms with Gasteiger partial charge in [0.05, 0.1) is 38.2 Å². The lowest BCUT2D eigenvalue weighted by Crippen LogP contribution is -2.51. The molecule has 0 unspecified atom stereocenters. The van der Waals surface area contributed by atoms with E-state index in [0.717, 1.165) is 43.9 Å². The second-order valence-electron chi connectivity index (χ2n) is 6.24. The van der Waals surface area contributed by atoms with Gasteiger partial charge in [0.25, 0.3) is 0 Å². The van der Waals surface area contributed by atoms with Gasteiger partial charge in [0, 0.05) is 25.0 Å². The van der Waals surface area contributed by atoms with Crippen molar-refractivity contribution in [3.8, 4) is 0 Å². The molecule has 1 aliphatic heterocycles. The van der Waals surface area contributed by atoms with Gasteiger partial charge in [-0.25, -0.2) is 0 Å². The number of nitrogens with zero attached hydrogens (tertiary/aromatic N) is 2. The van der Waals surface area contributed by atoms with E-state index in [2.05, 4.69) is 9.88 Å². The first-order chi connectivity index (χ1) is 11.4. The minimum Gasteiger partial charge on any atom is -0.468 e. The zero-order chi connectivity index (χ0) is 15.5. The highest BCUT2D eigenvalue weighted by molar-refractivity contribution is 5.07. The van der Waals surface area contributed by atoms with Crippen molar-refractivity contribution in [2.75, 3.05) is 13.2 Å². The summed E-state index contributed by atoms with van der Waals surface area (Å²) in [5.74, 6) is 1.02. The summed E-state index contributed by atoms with van der Waals surface area (Å²) < 4.78 is 17.7. The Kier molecular flexibility index (Phi) is 4.41. The highest BCUT2D eigenvalue weighted by atomic mass is 16.5. The molecule has 0 bridgehead atoms. The van der Waals surface area contributed by atoms with Gasteiger partial charge in [-0.1, -0.05) is 6.07 Å². The van der Waals surface area contributed by atoms with Gasteiger partial charge in [0.15, 0.2) is 0 Å². The average molecular weight is 314 g/mol. The first kappa shape index (κ1) is 14.9. The van der Waals surface area contributed by atoms with E-state index >= 15 is 0 Å². The van der Waals surface area contributed by atoms with Crippen LogP contribution in [0.5, 0.6) is 0 Å². The second-order valence-corrected chi connectivity index (χ2v) is 6.24. The Labute approximate surface area is 136 Å². The van der Waals surface area contributed by atoms with E-state index in [1.165, 1.54) is 0 Å². The van der Waals surface area contributed by atoms with Crippen molar-refractivity contribution in [2.45, 2.75) is 44.2 Å². The molecular weight excluding hydrogens is 292 g/mol. The van der Waals surface area contributed by atoms with Crippen LogP contribution in [-0.4, -0.2) is 41.3 Å². The van der Waals surface area contributed by atoms with Crippen LogP contribution in [0.15, 0.2) is 47.3 Å². The van der Waals surface area contributed by atoms with Gasteiger partial charge in [-0.05, 0) is 36.6 Å². The van der Waals surface area contributed by atoms with E-state index in [-0.39, 0.29) is 12.2 Å². The van der Waals surface area contributed by atoms with Crippen molar-refractivity contribution < 1.29 is 13.9 Å². The molecule has 5 nitrogen and oxygen atoms in total. The lowest BCUT2D eigenvalue weighted by atomic mass is 10.1. The van der Waals surface area contributed by atoms with Crippen LogP contribution in [0.4, 0.5) is 0 Å². The quantitative estimate of drug-likeness (QED) is 0.849. The summed E-state index contributed by atoms with van der Waals surface area (Å²) in [5, 5.41) is 0. The predicted molar refractivity (Wildman–Crippen MR) is 84.7 cm³/mol. The van der Waals surface area contributed by atoms with E-state index in [1.54, 1.807) is 12.5 Å². The van der Waals surface area contributed by atoms with Crippen LogP contribution in [0.1, 0.15) is 24.2 Å². The van der Waals surface area contributed by atoms with Crippen molar-refractivity contribution in [3.05, 3.63) is 54.2 Å². The molecule has 122 valence electrons. The first-order valence-electron chi connectivity index (χ1n) is 8.29. The van der Waals surface area contributed by atoms with Gasteiger partial charge in [-0.15, -0.1) is 0 Å². The molecular formula is C18H22N2O3. The number of morpholine rings is 1. The molecule has 0 spiro atoms. The maximum atomic E-state index is 6.13. The SMILES string of the molecule is c1cncc(CO[C@H]2CC[C@H]3[C@@H]2OCCN3Cc2ccco2)c1. The highest BCUT2D eigenvalue weighted by Gasteiger charge is 2.43. The molecule has 1 saturated heterocycles. The molecule has 1 aliphatic carbocycles. The standard InChI is InChI=1S/C18H22N2O3/c1-3-14(11-19-7-1)13-23-17-6-5-16-18(17)22-10-8-20(16)12-15-4-2-9-21-15/h1-4,7,9,11,16-18H,5-6,8,10,12-13H2/t16-,17-,18-/m0/s1. The van der Waals surface area contributed by atoms with E-state index in [9.17, 15) is 0 Å². The van der Waals surface area contributed by atoms with E-state index < -0.39 is 0 Å². The fourth-order valence-electron chi connectivity index (χ4n) is 3.66. The molecule has 0 amide bonds. The van der Waals surface area contributed by atoms with Gasteiger partial charge < -0.3 is 13.9 Å². The molecule has 2 fully saturated rings. The Balaban J connectivity index is 1.37. The Morgan fingerprint density at radius 2 is 2.26 bits per heavy atom. The molecule has 5 heteroatoms. The number of pyridine rings is 1. The van der Waals surface area contributed by atoms with Crippen LogP contribution in [0, 0.1) is 0 Å². The van der Waals surface area contributed by atoms with Gasteiger partial charge in [-0.3, -0.25) is 9.88 Å². The minimum atomic E-state index is 0.162. The summed E-state index contributed by atoms with van der Waals surface area (Å²) in [5.41, 5.74) is 1.11. The zero-order valence-electron chi connectivity index (χ0n) is 13.1. The fourth-order valence-corrected chi connectivity index (χ4v) is 3.66. The van der Waals surface area contributed by atoms with Crippen molar-refractivity contribution in [1.82, 2.24) is 9.88 Å². The van der Waals surface area contributed by atoms with E-state index in [1.807, 2.05) is 30.5 Å². The smallest absolute Gasteiger partial charge is 0.117 e. The van der Waals surface area contributed by atoms with Gasteiger partial charge >= 0.3 is 0 Å². The predicted octanol–water partition coefficient (Wildman–Crippen LogP) is 2.62. The Morgan fingerprint density at radius 3 is 3.09 bits per heavy atom. The summed E-state index contributed by atoms with van der Waals surface area (Å²) in [7, 11) is 0. The molecule has 3 atom stereocenters. The van der Waals surface area contributed by atoms with Gasteiger partial charge in [-0.2, -0.15) is 0 Å². The van der Waals surface area contributed by atoms with Crippen LogP contribution >= 0.6 is 0 Å². The van der Waals surface area contributed by atoms with Crippen LogP contribution in [0.2, 0.25) is 0 Å². The van der Waals surface area contributed by atoms with E-state index in [4.69, 9.17) is 13.9 Å². The summed E-state index contributed by atoms with van der Waals surface area (Å²) in [4.78, 5) is 6.61. The normalized spacial score (nSPS) is 27.9. The molecule has 0 aromatic carbocycles. The van der Waals surface area contributed by atoms with Crippen molar-refractivity contribution in [1.29, 1.82) is 0 Å². The van der Waals surface area contributed by atoms with Crippen molar-refractivity contribution in [3.63, 3.8) is 0 Å². The third-order valence-corrected chi connectivity index (χ3v) is 4.78.